The number of halogens is 1. The molecule has 0 saturated heterocycles. The van der Waals surface area contributed by atoms with Crippen molar-refractivity contribution in [3.05, 3.63) is 29.6 Å². The Labute approximate surface area is 125 Å². The molecule has 1 aromatic rings. The van der Waals surface area contributed by atoms with Gasteiger partial charge in [-0.25, -0.2) is 4.39 Å². The first kappa shape index (κ1) is 17.4. The van der Waals surface area contributed by atoms with E-state index in [9.17, 15) is 9.50 Å². The molecule has 2 N–H and O–H groups in total. The van der Waals surface area contributed by atoms with E-state index >= 15 is 0 Å². The van der Waals surface area contributed by atoms with Crippen LogP contribution in [0, 0.1) is 23.1 Å². The van der Waals surface area contributed by atoms with Crippen LogP contribution in [0.3, 0.4) is 0 Å². The van der Waals surface area contributed by atoms with Crippen molar-refractivity contribution in [1.82, 2.24) is 0 Å². The van der Waals surface area contributed by atoms with Gasteiger partial charge >= 0.3 is 0 Å². The van der Waals surface area contributed by atoms with Gasteiger partial charge in [-0.15, -0.1) is 0 Å². The van der Waals surface area contributed by atoms with Gasteiger partial charge in [-0.1, -0.05) is 13.8 Å². The summed E-state index contributed by atoms with van der Waals surface area (Å²) < 4.78 is 19.0. The molecule has 0 aliphatic carbocycles. The molecule has 1 aromatic carbocycles. The molecule has 0 spiro atoms. The van der Waals surface area contributed by atoms with Gasteiger partial charge in [0.15, 0.2) is 0 Å². The summed E-state index contributed by atoms with van der Waals surface area (Å²) in [6, 6.07) is 6.05. The van der Waals surface area contributed by atoms with E-state index in [4.69, 9.17) is 10.00 Å². The number of rotatable bonds is 9. The van der Waals surface area contributed by atoms with Crippen LogP contribution in [-0.4, -0.2) is 31.0 Å². The summed E-state index contributed by atoms with van der Waals surface area (Å²) in [4.78, 5) is 0. The predicted molar refractivity (Wildman–Crippen MR) is 80.5 cm³/mol. The Balaban J connectivity index is 2.24. The first-order chi connectivity index (χ1) is 10.0. The summed E-state index contributed by atoms with van der Waals surface area (Å²) in [7, 11) is 0. The van der Waals surface area contributed by atoms with Crippen LogP contribution < -0.4 is 5.32 Å². The third-order valence-electron chi connectivity index (χ3n) is 3.01. The molecule has 1 rings (SSSR count). The van der Waals surface area contributed by atoms with E-state index < -0.39 is 11.9 Å². The van der Waals surface area contributed by atoms with Crippen LogP contribution in [0.15, 0.2) is 18.2 Å². The second kappa shape index (κ2) is 9.32. The summed E-state index contributed by atoms with van der Waals surface area (Å²) in [5.74, 6) is 0.152. The van der Waals surface area contributed by atoms with Gasteiger partial charge in [0, 0.05) is 13.2 Å². The molecule has 0 amide bonds. The molecule has 0 heterocycles. The standard InChI is InChI=1S/C16H23FN2O2/c1-12(2)4-3-7-21-11-14(20)10-19-16-6-5-13(9-18)8-15(16)17/h5-6,8,12,14,19-20H,3-4,7,10-11H2,1-2H3. The highest BCUT2D eigenvalue weighted by Gasteiger charge is 2.07. The van der Waals surface area contributed by atoms with Crippen molar-refractivity contribution in [1.29, 1.82) is 5.26 Å². The van der Waals surface area contributed by atoms with Crippen molar-refractivity contribution in [3.8, 4) is 6.07 Å². The van der Waals surface area contributed by atoms with E-state index in [-0.39, 0.29) is 24.4 Å². The minimum Gasteiger partial charge on any atom is -0.389 e. The van der Waals surface area contributed by atoms with E-state index in [1.165, 1.54) is 12.1 Å². The fraction of sp³-hybridized carbons (Fsp3) is 0.562. The number of ether oxygens (including phenoxy) is 1. The third-order valence-corrected chi connectivity index (χ3v) is 3.01. The Kier molecular flexibility index (Phi) is 7.73. The fourth-order valence-corrected chi connectivity index (χ4v) is 1.83. The Hall–Kier alpha value is -1.64. The lowest BCUT2D eigenvalue weighted by Gasteiger charge is -2.14. The van der Waals surface area contributed by atoms with E-state index in [1.807, 2.05) is 6.07 Å². The molecular formula is C16H23FN2O2. The molecule has 0 saturated carbocycles. The maximum Gasteiger partial charge on any atom is 0.147 e. The van der Waals surface area contributed by atoms with Crippen LogP contribution in [0.25, 0.3) is 0 Å². The molecule has 0 radical (unpaired) electrons. The van der Waals surface area contributed by atoms with Gasteiger partial charge < -0.3 is 15.2 Å². The summed E-state index contributed by atoms with van der Waals surface area (Å²) in [6.45, 7) is 5.37. The lowest BCUT2D eigenvalue weighted by molar-refractivity contribution is 0.0409. The molecule has 116 valence electrons. The quantitative estimate of drug-likeness (QED) is 0.687. The summed E-state index contributed by atoms with van der Waals surface area (Å²) in [5.41, 5.74) is 0.542. The second-order valence-electron chi connectivity index (χ2n) is 5.45. The second-order valence-corrected chi connectivity index (χ2v) is 5.45. The normalized spacial score (nSPS) is 12.2. The first-order valence-corrected chi connectivity index (χ1v) is 7.22. The SMILES string of the molecule is CC(C)CCCOCC(O)CNc1ccc(C#N)cc1F. The molecule has 5 heteroatoms. The highest BCUT2D eigenvalue weighted by atomic mass is 19.1. The van der Waals surface area contributed by atoms with Gasteiger partial charge in [-0.05, 0) is 37.0 Å². The smallest absolute Gasteiger partial charge is 0.147 e. The number of aliphatic hydroxyl groups excluding tert-OH is 1. The molecular weight excluding hydrogens is 271 g/mol. The average Bonchev–Trinajstić information content (AvgIpc) is 2.45. The maximum atomic E-state index is 13.6. The highest BCUT2D eigenvalue weighted by molar-refractivity contribution is 5.48. The van der Waals surface area contributed by atoms with Crippen molar-refractivity contribution < 1.29 is 14.2 Å². The number of nitrogens with zero attached hydrogens (tertiary/aromatic N) is 1. The molecule has 0 aliphatic rings. The van der Waals surface area contributed by atoms with E-state index in [2.05, 4.69) is 19.2 Å². The number of aliphatic hydroxyl groups is 1. The predicted octanol–water partition coefficient (Wildman–Crippen LogP) is 2.92. The van der Waals surface area contributed by atoms with Gasteiger partial charge in [0.1, 0.15) is 5.82 Å². The fourth-order valence-electron chi connectivity index (χ4n) is 1.83. The zero-order chi connectivity index (χ0) is 15.7. The number of nitrogens with one attached hydrogen (secondary N) is 1. The molecule has 1 unspecified atom stereocenters. The van der Waals surface area contributed by atoms with Crippen molar-refractivity contribution in [2.24, 2.45) is 5.92 Å². The monoisotopic (exact) mass is 294 g/mol. The maximum absolute atomic E-state index is 13.6. The zero-order valence-corrected chi connectivity index (χ0v) is 12.6. The van der Waals surface area contributed by atoms with E-state index in [1.54, 1.807) is 0 Å². The molecule has 0 aromatic heterocycles. The third kappa shape index (κ3) is 7.07. The zero-order valence-electron chi connectivity index (χ0n) is 12.6. The lowest BCUT2D eigenvalue weighted by atomic mass is 10.1. The van der Waals surface area contributed by atoms with E-state index in [0.717, 1.165) is 18.9 Å². The Morgan fingerprint density at radius 3 is 2.81 bits per heavy atom. The van der Waals surface area contributed by atoms with Crippen molar-refractivity contribution in [3.63, 3.8) is 0 Å². The Morgan fingerprint density at radius 1 is 1.43 bits per heavy atom. The molecule has 4 nitrogen and oxygen atoms in total. The summed E-state index contributed by atoms with van der Waals surface area (Å²) in [6.07, 6.45) is 1.38. The van der Waals surface area contributed by atoms with Crippen LogP contribution >= 0.6 is 0 Å². The number of nitriles is 1. The van der Waals surface area contributed by atoms with Crippen molar-refractivity contribution in [2.75, 3.05) is 25.1 Å². The number of hydrogen-bond acceptors (Lipinski definition) is 4. The summed E-state index contributed by atoms with van der Waals surface area (Å²) >= 11 is 0. The largest absolute Gasteiger partial charge is 0.389 e. The average molecular weight is 294 g/mol. The van der Waals surface area contributed by atoms with Crippen LogP contribution in [0.2, 0.25) is 0 Å². The highest BCUT2D eigenvalue weighted by Crippen LogP contribution is 2.15. The first-order valence-electron chi connectivity index (χ1n) is 7.22. The lowest BCUT2D eigenvalue weighted by Crippen LogP contribution is -2.25. The minimum atomic E-state index is -0.695. The molecule has 0 bridgehead atoms. The van der Waals surface area contributed by atoms with Gasteiger partial charge in [-0.2, -0.15) is 5.26 Å². The van der Waals surface area contributed by atoms with Crippen molar-refractivity contribution in [2.45, 2.75) is 32.8 Å². The van der Waals surface area contributed by atoms with Crippen molar-refractivity contribution >= 4 is 5.69 Å². The van der Waals surface area contributed by atoms with Crippen LogP contribution in [0.5, 0.6) is 0 Å². The molecule has 0 aliphatic heterocycles. The van der Waals surface area contributed by atoms with Gasteiger partial charge in [0.05, 0.1) is 30.0 Å². The minimum absolute atomic E-state index is 0.201. The molecule has 0 fully saturated rings. The number of anilines is 1. The van der Waals surface area contributed by atoms with Crippen LogP contribution in [0.4, 0.5) is 10.1 Å². The van der Waals surface area contributed by atoms with Gasteiger partial charge in [-0.3, -0.25) is 0 Å². The molecule has 1 atom stereocenters. The van der Waals surface area contributed by atoms with Crippen LogP contribution in [-0.2, 0) is 4.74 Å². The van der Waals surface area contributed by atoms with E-state index in [0.29, 0.717) is 12.5 Å². The molecule has 21 heavy (non-hydrogen) atoms. The van der Waals surface area contributed by atoms with Gasteiger partial charge in [0.25, 0.3) is 0 Å². The summed E-state index contributed by atoms with van der Waals surface area (Å²) in [5, 5.41) is 21.2. The number of hydrogen-bond donors (Lipinski definition) is 2. The Bertz CT molecular complexity index is 472. The number of benzene rings is 1. The van der Waals surface area contributed by atoms with Gasteiger partial charge in [0.2, 0.25) is 0 Å². The topological polar surface area (TPSA) is 65.3 Å². The van der Waals surface area contributed by atoms with Crippen LogP contribution in [0.1, 0.15) is 32.3 Å². The Morgan fingerprint density at radius 2 is 2.19 bits per heavy atom.